The molecule has 1 saturated carbocycles. The van der Waals surface area contributed by atoms with E-state index in [4.69, 9.17) is 9.47 Å². The van der Waals surface area contributed by atoms with Crippen molar-refractivity contribution in [2.75, 3.05) is 45.2 Å². The van der Waals surface area contributed by atoms with E-state index in [9.17, 15) is 14.4 Å². The van der Waals surface area contributed by atoms with Crippen LogP contribution < -0.4 is 20.1 Å². The highest BCUT2D eigenvalue weighted by Crippen LogP contribution is 2.19. The molecule has 4 amide bonds. The first-order valence-corrected chi connectivity index (χ1v) is 12.5. The van der Waals surface area contributed by atoms with Crippen molar-refractivity contribution in [2.24, 2.45) is 0 Å². The summed E-state index contributed by atoms with van der Waals surface area (Å²) >= 11 is 0. The minimum atomic E-state index is -0.297. The summed E-state index contributed by atoms with van der Waals surface area (Å²) in [5.74, 6) is 0.771. The number of methoxy groups -OCH3 is 1. The number of benzene rings is 2. The molecular weight excluding hydrogens is 460 g/mol. The van der Waals surface area contributed by atoms with Gasteiger partial charge in [-0.3, -0.25) is 9.59 Å². The summed E-state index contributed by atoms with van der Waals surface area (Å²) in [4.78, 5) is 41.2. The number of nitrogens with zero attached hydrogens (tertiary/aromatic N) is 2. The zero-order chi connectivity index (χ0) is 25.3. The zero-order valence-electron chi connectivity index (χ0n) is 20.7. The van der Waals surface area contributed by atoms with Gasteiger partial charge in [0.15, 0.2) is 6.61 Å². The van der Waals surface area contributed by atoms with Crippen LogP contribution in [-0.2, 0) is 4.79 Å². The van der Waals surface area contributed by atoms with Crippen LogP contribution in [0.5, 0.6) is 11.5 Å². The van der Waals surface area contributed by atoms with Crippen molar-refractivity contribution in [3.05, 3.63) is 54.1 Å². The maximum absolute atomic E-state index is 12.9. The normalized spacial score (nSPS) is 16.2. The summed E-state index contributed by atoms with van der Waals surface area (Å²) in [5.41, 5.74) is 1.17. The highest BCUT2D eigenvalue weighted by atomic mass is 16.5. The first kappa shape index (κ1) is 25.3. The third kappa shape index (κ3) is 6.90. The van der Waals surface area contributed by atoms with Crippen molar-refractivity contribution < 1.29 is 23.9 Å². The highest BCUT2D eigenvalue weighted by Gasteiger charge is 2.26. The van der Waals surface area contributed by atoms with E-state index >= 15 is 0 Å². The Labute approximate surface area is 211 Å². The van der Waals surface area contributed by atoms with Gasteiger partial charge in [0, 0.05) is 49.5 Å². The molecule has 9 nitrogen and oxygen atoms in total. The third-order valence-corrected chi connectivity index (χ3v) is 6.61. The largest absolute Gasteiger partial charge is 0.497 e. The minimum Gasteiger partial charge on any atom is -0.497 e. The van der Waals surface area contributed by atoms with Crippen molar-refractivity contribution in [1.82, 2.24) is 15.1 Å². The summed E-state index contributed by atoms with van der Waals surface area (Å²) in [7, 11) is 1.57. The van der Waals surface area contributed by atoms with E-state index < -0.39 is 0 Å². The van der Waals surface area contributed by atoms with Gasteiger partial charge < -0.3 is 29.9 Å². The maximum Gasteiger partial charge on any atom is 0.317 e. The van der Waals surface area contributed by atoms with E-state index in [0.29, 0.717) is 48.9 Å². The Balaban J connectivity index is 1.20. The van der Waals surface area contributed by atoms with E-state index in [-0.39, 0.29) is 30.5 Å². The number of carbonyl (C=O) groups is 3. The standard InChI is InChI=1S/C27H34N4O5/c1-35-24-9-5-8-22(18-24)28-25(32)19-36-23-12-10-20(11-13-23)26(33)30-14-16-31(17-15-30)27(34)29-21-6-3-2-4-7-21/h5,8-13,18,21H,2-4,6-7,14-17,19H2,1H3,(H,28,32)(H,29,34). The lowest BCUT2D eigenvalue weighted by molar-refractivity contribution is -0.118. The van der Waals surface area contributed by atoms with E-state index in [0.717, 1.165) is 12.8 Å². The average molecular weight is 495 g/mol. The fourth-order valence-corrected chi connectivity index (χ4v) is 4.55. The molecule has 0 radical (unpaired) electrons. The Morgan fingerprint density at radius 1 is 0.889 bits per heavy atom. The molecule has 2 N–H and O–H groups in total. The molecule has 0 unspecified atom stereocenters. The van der Waals surface area contributed by atoms with Crippen molar-refractivity contribution in [3.63, 3.8) is 0 Å². The van der Waals surface area contributed by atoms with E-state index in [2.05, 4.69) is 10.6 Å². The molecule has 1 saturated heterocycles. The average Bonchev–Trinajstić information content (AvgIpc) is 2.92. The molecule has 0 bridgehead atoms. The van der Waals surface area contributed by atoms with Crippen molar-refractivity contribution in [1.29, 1.82) is 0 Å². The summed E-state index contributed by atoms with van der Waals surface area (Å²) in [5, 5.41) is 5.90. The lowest BCUT2D eigenvalue weighted by atomic mass is 9.96. The third-order valence-electron chi connectivity index (χ3n) is 6.61. The number of carbonyl (C=O) groups excluding carboxylic acids is 3. The molecule has 2 aromatic carbocycles. The van der Waals surface area contributed by atoms with E-state index in [1.165, 1.54) is 19.3 Å². The van der Waals surface area contributed by atoms with Crippen LogP contribution in [0.2, 0.25) is 0 Å². The fourth-order valence-electron chi connectivity index (χ4n) is 4.55. The second kappa shape index (κ2) is 12.3. The van der Waals surface area contributed by atoms with Gasteiger partial charge in [-0.1, -0.05) is 25.3 Å². The van der Waals surface area contributed by atoms with Gasteiger partial charge in [-0.05, 0) is 49.2 Å². The topological polar surface area (TPSA) is 100 Å². The molecule has 2 aromatic rings. The number of ether oxygens (including phenoxy) is 2. The number of hydrogen-bond acceptors (Lipinski definition) is 5. The molecule has 1 aliphatic carbocycles. The maximum atomic E-state index is 12.9. The molecule has 36 heavy (non-hydrogen) atoms. The predicted molar refractivity (Wildman–Crippen MR) is 136 cm³/mol. The molecule has 0 atom stereocenters. The summed E-state index contributed by atoms with van der Waals surface area (Å²) in [6.07, 6.45) is 5.70. The van der Waals surface area contributed by atoms with Crippen LogP contribution in [0.15, 0.2) is 48.5 Å². The first-order chi connectivity index (χ1) is 17.5. The molecule has 192 valence electrons. The Morgan fingerprint density at radius 3 is 2.28 bits per heavy atom. The Kier molecular flexibility index (Phi) is 8.65. The monoisotopic (exact) mass is 494 g/mol. The van der Waals surface area contributed by atoms with Crippen LogP contribution in [0.3, 0.4) is 0 Å². The summed E-state index contributed by atoms with van der Waals surface area (Å²) in [6, 6.07) is 14.1. The summed E-state index contributed by atoms with van der Waals surface area (Å²) < 4.78 is 10.7. The van der Waals surface area contributed by atoms with Gasteiger partial charge >= 0.3 is 6.03 Å². The van der Waals surface area contributed by atoms with Gasteiger partial charge in [0.2, 0.25) is 0 Å². The Bertz CT molecular complexity index is 1040. The molecule has 2 fully saturated rings. The molecule has 9 heteroatoms. The van der Waals surface area contributed by atoms with Crippen LogP contribution in [0.25, 0.3) is 0 Å². The van der Waals surface area contributed by atoms with Crippen molar-refractivity contribution in [3.8, 4) is 11.5 Å². The van der Waals surface area contributed by atoms with Crippen LogP contribution >= 0.6 is 0 Å². The van der Waals surface area contributed by atoms with Gasteiger partial charge in [0.1, 0.15) is 11.5 Å². The van der Waals surface area contributed by atoms with Crippen LogP contribution in [0.4, 0.5) is 10.5 Å². The molecule has 4 rings (SSSR count). The van der Waals surface area contributed by atoms with E-state index in [1.54, 1.807) is 65.4 Å². The number of anilines is 1. The predicted octanol–water partition coefficient (Wildman–Crippen LogP) is 3.51. The SMILES string of the molecule is COc1cccc(NC(=O)COc2ccc(C(=O)N3CCN(C(=O)NC4CCCCC4)CC3)cc2)c1. The van der Waals surface area contributed by atoms with Gasteiger partial charge in [0.05, 0.1) is 7.11 Å². The van der Waals surface area contributed by atoms with Gasteiger partial charge in [0.25, 0.3) is 11.8 Å². The van der Waals surface area contributed by atoms with Crippen LogP contribution in [0, 0.1) is 0 Å². The molecule has 2 aliphatic rings. The molecular formula is C27H34N4O5. The molecule has 1 aliphatic heterocycles. The smallest absolute Gasteiger partial charge is 0.317 e. The second-order valence-corrected chi connectivity index (χ2v) is 9.16. The summed E-state index contributed by atoms with van der Waals surface area (Å²) in [6.45, 7) is 1.89. The number of hydrogen-bond donors (Lipinski definition) is 2. The van der Waals surface area contributed by atoms with Crippen LogP contribution in [-0.4, -0.2) is 73.6 Å². The zero-order valence-corrected chi connectivity index (χ0v) is 20.7. The first-order valence-electron chi connectivity index (χ1n) is 12.5. The molecule has 1 heterocycles. The van der Waals surface area contributed by atoms with Gasteiger partial charge in [-0.25, -0.2) is 4.79 Å². The number of rotatable bonds is 7. The molecule has 0 aromatic heterocycles. The Morgan fingerprint density at radius 2 is 1.58 bits per heavy atom. The van der Waals surface area contributed by atoms with Crippen molar-refractivity contribution >= 4 is 23.5 Å². The number of urea groups is 1. The minimum absolute atomic E-state index is 0.0223. The lowest BCUT2D eigenvalue weighted by Crippen LogP contribution is -2.54. The molecule has 0 spiro atoms. The van der Waals surface area contributed by atoms with Gasteiger partial charge in [-0.15, -0.1) is 0 Å². The number of piperazine rings is 1. The number of nitrogens with one attached hydrogen (secondary N) is 2. The van der Waals surface area contributed by atoms with Crippen molar-refractivity contribution in [2.45, 2.75) is 38.1 Å². The van der Waals surface area contributed by atoms with Gasteiger partial charge in [-0.2, -0.15) is 0 Å². The lowest BCUT2D eigenvalue weighted by Gasteiger charge is -2.36. The van der Waals surface area contributed by atoms with E-state index in [1.807, 2.05) is 0 Å². The fraction of sp³-hybridized carbons (Fsp3) is 0.444. The Hall–Kier alpha value is -3.75. The highest BCUT2D eigenvalue weighted by molar-refractivity contribution is 5.94. The quantitative estimate of drug-likeness (QED) is 0.614. The number of amides is 4. The van der Waals surface area contributed by atoms with Crippen LogP contribution in [0.1, 0.15) is 42.5 Å². The second-order valence-electron chi connectivity index (χ2n) is 9.16.